The molecule has 1 atom stereocenters. The number of hydrogen-bond donors (Lipinski definition) is 1. The molecule has 20 heavy (non-hydrogen) atoms. The Labute approximate surface area is 127 Å². The van der Waals surface area contributed by atoms with Gasteiger partial charge in [-0.1, -0.05) is 46.0 Å². The lowest BCUT2D eigenvalue weighted by atomic mass is 10.2. The molecule has 0 aliphatic rings. The van der Waals surface area contributed by atoms with E-state index in [1.54, 1.807) is 0 Å². The maximum absolute atomic E-state index is 6.28. The molecule has 0 aromatic rings. The minimum atomic E-state index is -2.07. The Hall–Kier alpha value is 0.0969. The first-order valence-electron chi connectivity index (χ1n) is 8.68. The summed E-state index contributed by atoms with van der Waals surface area (Å²) in [5, 5.41) is 0. The minimum absolute atomic E-state index is 0.590. The van der Waals surface area contributed by atoms with Crippen LogP contribution in [0.1, 0.15) is 72.6 Å². The first kappa shape index (κ1) is 20.1. The molecule has 3 nitrogen and oxygen atoms in total. The van der Waals surface area contributed by atoms with Crippen LogP contribution in [0, 0.1) is 0 Å². The molecule has 122 valence electrons. The predicted octanol–water partition coefficient (Wildman–Crippen LogP) is 4.60. The zero-order chi connectivity index (χ0) is 15.3. The second-order valence-electron chi connectivity index (χ2n) is 5.52. The molecule has 0 aromatic carbocycles. The second-order valence-corrected chi connectivity index (χ2v) is 9.04. The standard InChI is InChI=1S/C16H37NO2Si/c1-5-9-10-11-15-20(18-7-3,19-8-4)16(6-2)13-12-14-17/h16H,5-15,17H2,1-4H3. The van der Waals surface area contributed by atoms with Gasteiger partial charge in [-0.2, -0.15) is 0 Å². The van der Waals surface area contributed by atoms with Crippen LogP contribution < -0.4 is 5.73 Å². The highest BCUT2D eigenvalue weighted by Crippen LogP contribution is 2.36. The molecule has 0 amide bonds. The van der Waals surface area contributed by atoms with E-state index in [2.05, 4.69) is 27.7 Å². The third-order valence-electron chi connectivity index (χ3n) is 4.03. The molecule has 0 aliphatic heterocycles. The summed E-state index contributed by atoms with van der Waals surface area (Å²) in [4.78, 5) is 0. The van der Waals surface area contributed by atoms with E-state index < -0.39 is 8.56 Å². The van der Waals surface area contributed by atoms with Crippen LogP contribution in [0.3, 0.4) is 0 Å². The van der Waals surface area contributed by atoms with Gasteiger partial charge in [0, 0.05) is 18.8 Å². The molecule has 2 N–H and O–H groups in total. The molecule has 4 heteroatoms. The maximum Gasteiger partial charge on any atom is 0.341 e. The Bertz CT molecular complexity index is 209. The quantitative estimate of drug-likeness (QED) is 0.377. The highest BCUT2D eigenvalue weighted by molar-refractivity contribution is 6.69. The van der Waals surface area contributed by atoms with Gasteiger partial charge in [-0.25, -0.2) is 0 Å². The molecule has 1 unspecified atom stereocenters. The van der Waals surface area contributed by atoms with Crippen LogP contribution in [0.15, 0.2) is 0 Å². The highest BCUT2D eigenvalue weighted by Gasteiger charge is 2.43. The van der Waals surface area contributed by atoms with Crippen LogP contribution in [0.4, 0.5) is 0 Å². The molecule has 0 aromatic heterocycles. The van der Waals surface area contributed by atoms with Gasteiger partial charge in [0.05, 0.1) is 0 Å². The van der Waals surface area contributed by atoms with Crippen LogP contribution in [0.2, 0.25) is 11.6 Å². The zero-order valence-electron chi connectivity index (χ0n) is 14.2. The van der Waals surface area contributed by atoms with E-state index in [1.165, 1.54) is 25.7 Å². The van der Waals surface area contributed by atoms with Gasteiger partial charge < -0.3 is 14.6 Å². The smallest absolute Gasteiger partial charge is 0.341 e. The van der Waals surface area contributed by atoms with Gasteiger partial charge in [0.1, 0.15) is 0 Å². The van der Waals surface area contributed by atoms with Crippen molar-refractivity contribution in [3.05, 3.63) is 0 Å². The Kier molecular flexibility index (Phi) is 12.9. The SMILES string of the molecule is CCCCCC[Si](OCC)(OCC)C(CC)CCCN. The molecular weight excluding hydrogens is 266 g/mol. The molecule has 0 saturated carbocycles. The third-order valence-corrected chi connectivity index (χ3v) is 8.57. The summed E-state index contributed by atoms with van der Waals surface area (Å²) in [5.74, 6) is 0. The Morgan fingerprint density at radius 1 is 0.900 bits per heavy atom. The van der Waals surface area contributed by atoms with E-state index in [4.69, 9.17) is 14.6 Å². The average molecular weight is 304 g/mol. The number of unbranched alkanes of at least 4 members (excludes halogenated alkanes) is 3. The lowest BCUT2D eigenvalue weighted by molar-refractivity contribution is 0.167. The average Bonchev–Trinajstić information content (AvgIpc) is 2.45. The van der Waals surface area contributed by atoms with Crippen molar-refractivity contribution in [3.8, 4) is 0 Å². The molecule has 0 rings (SSSR count). The van der Waals surface area contributed by atoms with Crippen LogP contribution >= 0.6 is 0 Å². The van der Waals surface area contributed by atoms with E-state index in [0.29, 0.717) is 5.54 Å². The summed E-state index contributed by atoms with van der Waals surface area (Å²) in [6, 6.07) is 1.15. The van der Waals surface area contributed by atoms with Gasteiger partial charge in [0.15, 0.2) is 0 Å². The van der Waals surface area contributed by atoms with Crippen molar-refractivity contribution in [2.24, 2.45) is 5.73 Å². The fourth-order valence-corrected chi connectivity index (χ4v) is 7.25. The number of rotatable bonds is 14. The normalized spacial score (nSPS) is 13.7. The van der Waals surface area contributed by atoms with Crippen molar-refractivity contribution in [1.29, 1.82) is 0 Å². The lowest BCUT2D eigenvalue weighted by Gasteiger charge is -2.37. The fraction of sp³-hybridized carbons (Fsp3) is 1.00. The van der Waals surface area contributed by atoms with Crippen LogP contribution in [0.25, 0.3) is 0 Å². The van der Waals surface area contributed by atoms with Crippen molar-refractivity contribution in [3.63, 3.8) is 0 Å². The Morgan fingerprint density at radius 3 is 2.00 bits per heavy atom. The van der Waals surface area contributed by atoms with Gasteiger partial charge in [0.25, 0.3) is 0 Å². The number of nitrogens with two attached hydrogens (primary N) is 1. The summed E-state index contributed by atoms with van der Waals surface area (Å²) in [7, 11) is -2.07. The van der Waals surface area contributed by atoms with Crippen LogP contribution in [0.5, 0.6) is 0 Å². The van der Waals surface area contributed by atoms with Gasteiger partial charge in [-0.15, -0.1) is 0 Å². The lowest BCUT2D eigenvalue weighted by Crippen LogP contribution is -2.47. The van der Waals surface area contributed by atoms with E-state index in [1.807, 2.05) is 0 Å². The summed E-state index contributed by atoms with van der Waals surface area (Å²) < 4.78 is 12.6. The van der Waals surface area contributed by atoms with E-state index in [0.717, 1.165) is 45.1 Å². The van der Waals surface area contributed by atoms with Crippen molar-refractivity contribution in [2.45, 2.75) is 84.2 Å². The predicted molar refractivity (Wildman–Crippen MR) is 90.3 cm³/mol. The molecule has 0 spiro atoms. The summed E-state index contributed by atoms with van der Waals surface area (Å²) >= 11 is 0. The molecule has 0 aliphatic carbocycles. The first-order chi connectivity index (χ1) is 9.70. The first-order valence-corrected chi connectivity index (χ1v) is 10.8. The summed E-state index contributed by atoms with van der Waals surface area (Å²) in [5.41, 5.74) is 6.29. The third kappa shape index (κ3) is 7.20. The van der Waals surface area contributed by atoms with Gasteiger partial charge in [-0.3, -0.25) is 0 Å². The molecule has 0 bridgehead atoms. The Balaban J connectivity index is 4.75. The zero-order valence-corrected chi connectivity index (χ0v) is 15.2. The monoisotopic (exact) mass is 303 g/mol. The summed E-state index contributed by atoms with van der Waals surface area (Å²) in [6.45, 7) is 11.1. The minimum Gasteiger partial charge on any atom is -0.394 e. The van der Waals surface area contributed by atoms with Crippen molar-refractivity contribution in [2.75, 3.05) is 19.8 Å². The molecule has 0 radical (unpaired) electrons. The number of hydrogen-bond acceptors (Lipinski definition) is 3. The molecule has 0 saturated heterocycles. The van der Waals surface area contributed by atoms with Crippen molar-refractivity contribution in [1.82, 2.24) is 0 Å². The molecular formula is C16H37NO2Si. The Morgan fingerprint density at radius 2 is 1.55 bits per heavy atom. The maximum atomic E-state index is 6.28. The fourth-order valence-electron chi connectivity index (χ4n) is 3.01. The van der Waals surface area contributed by atoms with Gasteiger partial charge >= 0.3 is 8.56 Å². The van der Waals surface area contributed by atoms with Crippen LogP contribution in [-0.4, -0.2) is 28.3 Å². The van der Waals surface area contributed by atoms with Crippen molar-refractivity contribution >= 4 is 8.56 Å². The second kappa shape index (κ2) is 12.8. The van der Waals surface area contributed by atoms with E-state index in [9.17, 15) is 0 Å². The van der Waals surface area contributed by atoms with Gasteiger partial charge in [-0.05, 0) is 39.3 Å². The van der Waals surface area contributed by atoms with Crippen molar-refractivity contribution < 1.29 is 8.85 Å². The highest BCUT2D eigenvalue weighted by atomic mass is 28.4. The molecule has 0 heterocycles. The molecule has 0 fully saturated rings. The largest absolute Gasteiger partial charge is 0.394 e. The van der Waals surface area contributed by atoms with Gasteiger partial charge in [0.2, 0.25) is 0 Å². The van der Waals surface area contributed by atoms with E-state index >= 15 is 0 Å². The summed E-state index contributed by atoms with van der Waals surface area (Å²) in [6.07, 6.45) is 8.55. The van der Waals surface area contributed by atoms with E-state index in [-0.39, 0.29) is 0 Å². The topological polar surface area (TPSA) is 44.5 Å². The van der Waals surface area contributed by atoms with Crippen LogP contribution in [-0.2, 0) is 8.85 Å².